The highest BCUT2D eigenvalue weighted by molar-refractivity contribution is 5.96. The molecule has 1 aromatic heterocycles. The van der Waals surface area contributed by atoms with Crippen LogP contribution in [-0.2, 0) is 6.42 Å². The van der Waals surface area contributed by atoms with Gasteiger partial charge in [-0.15, -0.1) is 0 Å². The third-order valence-corrected chi connectivity index (χ3v) is 6.87. The maximum atomic E-state index is 11.9. The number of aryl methyl sites for hydroxylation is 1. The first kappa shape index (κ1) is 24.0. The molecule has 0 radical (unpaired) electrons. The summed E-state index contributed by atoms with van der Waals surface area (Å²) in [6.45, 7) is 8.50. The summed E-state index contributed by atoms with van der Waals surface area (Å²) in [6.07, 6.45) is 2.86. The number of carbonyl (C=O) groups is 1. The number of primary amides is 1. The van der Waals surface area contributed by atoms with E-state index in [0.717, 1.165) is 63.5 Å². The van der Waals surface area contributed by atoms with E-state index >= 15 is 0 Å². The highest BCUT2D eigenvalue weighted by atomic mass is 16.5. The molecule has 4 rings (SSSR count). The van der Waals surface area contributed by atoms with E-state index in [1.165, 1.54) is 0 Å². The Kier molecular flexibility index (Phi) is 7.38. The molecule has 0 atom stereocenters. The number of hydrogen-bond donors (Lipinski definition) is 3. The lowest BCUT2D eigenvalue weighted by Gasteiger charge is -2.42. The molecule has 0 aliphatic carbocycles. The minimum absolute atomic E-state index is 0.0695. The normalized spacial score (nSPS) is 18.1. The van der Waals surface area contributed by atoms with Crippen molar-refractivity contribution in [3.8, 4) is 5.75 Å². The number of piperazine rings is 1. The smallest absolute Gasteiger partial charge is 0.271 e. The molecule has 2 aliphatic heterocycles. The second kappa shape index (κ2) is 10.4. The van der Waals surface area contributed by atoms with Crippen molar-refractivity contribution < 1.29 is 9.53 Å². The largest absolute Gasteiger partial charge is 0.495 e. The van der Waals surface area contributed by atoms with Gasteiger partial charge in [0.05, 0.1) is 18.5 Å². The van der Waals surface area contributed by atoms with Gasteiger partial charge in [-0.05, 0) is 38.4 Å². The molecule has 1 amide bonds. The van der Waals surface area contributed by atoms with Crippen molar-refractivity contribution in [3.63, 3.8) is 0 Å². The fourth-order valence-electron chi connectivity index (χ4n) is 4.81. The highest BCUT2D eigenvalue weighted by Crippen LogP contribution is 2.35. The molecule has 2 fully saturated rings. The first-order chi connectivity index (χ1) is 16.4. The van der Waals surface area contributed by atoms with Crippen LogP contribution in [0, 0.1) is 0 Å². The molecule has 5 N–H and O–H groups in total. The lowest BCUT2D eigenvalue weighted by atomic mass is 10.0. The number of nitrogens with one attached hydrogen (secondary N) is 1. The van der Waals surface area contributed by atoms with Crippen molar-refractivity contribution in [2.75, 3.05) is 69.4 Å². The summed E-state index contributed by atoms with van der Waals surface area (Å²) in [4.78, 5) is 28.0. The number of benzene rings is 1. The molecular formula is C24H36N8O2. The van der Waals surface area contributed by atoms with Crippen molar-refractivity contribution in [2.45, 2.75) is 32.2 Å². The van der Waals surface area contributed by atoms with E-state index < -0.39 is 5.91 Å². The van der Waals surface area contributed by atoms with Crippen LogP contribution in [0.15, 0.2) is 18.2 Å². The molecule has 184 valence electrons. The van der Waals surface area contributed by atoms with Crippen molar-refractivity contribution in [2.24, 2.45) is 5.73 Å². The van der Waals surface area contributed by atoms with E-state index in [1.54, 1.807) is 7.11 Å². The van der Waals surface area contributed by atoms with Gasteiger partial charge in [-0.1, -0.05) is 6.92 Å². The van der Waals surface area contributed by atoms with Gasteiger partial charge in [0.25, 0.3) is 5.91 Å². The van der Waals surface area contributed by atoms with E-state index in [9.17, 15) is 4.79 Å². The molecule has 34 heavy (non-hydrogen) atoms. The van der Waals surface area contributed by atoms with Crippen LogP contribution in [0.2, 0.25) is 0 Å². The Balaban J connectivity index is 1.47. The number of piperidine rings is 1. The molecule has 0 saturated carbocycles. The second-order valence-electron chi connectivity index (χ2n) is 9.04. The highest BCUT2D eigenvalue weighted by Gasteiger charge is 2.28. The minimum Gasteiger partial charge on any atom is -0.495 e. The van der Waals surface area contributed by atoms with Crippen LogP contribution in [-0.4, -0.2) is 85.1 Å². The van der Waals surface area contributed by atoms with Crippen LogP contribution in [0.5, 0.6) is 5.75 Å². The molecule has 0 bridgehead atoms. The minimum atomic E-state index is -0.656. The number of nitrogen functional groups attached to an aromatic ring is 1. The molecule has 2 aromatic rings. The van der Waals surface area contributed by atoms with Crippen LogP contribution in [0.25, 0.3) is 0 Å². The summed E-state index contributed by atoms with van der Waals surface area (Å²) in [6, 6.07) is 6.54. The van der Waals surface area contributed by atoms with E-state index in [0.29, 0.717) is 23.8 Å². The number of nitrogens with two attached hydrogens (primary N) is 2. The third-order valence-electron chi connectivity index (χ3n) is 6.87. The molecule has 2 saturated heterocycles. The first-order valence-electron chi connectivity index (χ1n) is 12.0. The van der Waals surface area contributed by atoms with Crippen molar-refractivity contribution in [1.82, 2.24) is 19.8 Å². The number of hydrogen-bond acceptors (Lipinski definition) is 9. The van der Waals surface area contributed by atoms with Gasteiger partial charge in [-0.2, -0.15) is 0 Å². The number of ether oxygens (including phenoxy) is 1. The summed E-state index contributed by atoms with van der Waals surface area (Å²) < 4.78 is 5.72. The standard InChI is InChI=1S/C24H36N8O2/c1-4-18-22(25)29-24(21(28-18)23(26)33)27-16-5-6-19(20(15-16)34-3)32-9-7-17(8-10-32)31-13-11-30(2)12-14-31/h5-6,15,17H,4,7-14H2,1-3H3,(H2,26,33)(H3,25,27,29). The monoisotopic (exact) mass is 468 g/mol. The predicted octanol–water partition coefficient (Wildman–Crippen LogP) is 1.69. The van der Waals surface area contributed by atoms with Gasteiger partial charge in [0, 0.05) is 57.1 Å². The zero-order chi connectivity index (χ0) is 24.2. The Morgan fingerprint density at radius 2 is 1.85 bits per heavy atom. The number of nitrogens with zero attached hydrogens (tertiary/aromatic N) is 5. The molecule has 10 heteroatoms. The average Bonchev–Trinajstić information content (AvgIpc) is 2.84. The summed E-state index contributed by atoms with van der Waals surface area (Å²) in [5, 5.41) is 3.14. The van der Waals surface area contributed by atoms with E-state index in [4.69, 9.17) is 16.2 Å². The predicted molar refractivity (Wildman–Crippen MR) is 135 cm³/mol. The van der Waals surface area contributed by atoms with Crippen LogP contribution >= 0.6 is 0 Å². The second-order valence-corrected chi connectivity index (χ2v) is 9.04. The van der Waals surface area contributed by atoms with Gasteiger partial charge in [-0.25, -0.2) is 9.97 Å². The fraction of sp³-hybridized carbons (Fsp3) is 0.542. The fourth-order valence-corrected chi connectivity index (χ4v) is 4.81. The van der Waals surface area contributed by atoms with Crippen molar-refractivity contribution >= 4 is 28.9 Å². The quantitative estimate of drug-likeness (QED) is 0.556. The van der Waals surface area contributed by atoms with Crippen LogP contribution in [0.3, 0.4) is 0 Å². The summed E-state index contributed by atoms with van der Waals surface area (Å²) in [5.41, 5.74) is 13.9. The van der Waals surface area contributed by atoms with E-state index in [1.807, 2.05) is 25.1 Å². The number of likely N-dealkylation sites (N-methyl/N-ethyl adjacent to an activating group) is 1. The van der Waals surface area contributed by atoms with Gasteiger partial charge in [-0.3, -0.25) is 9.69 Å². The molecular weight excluding hydrogens is 432 g/mol. The SMILES string of the molecule is CCc1nc(C(N)=O)c(Nc2ccc(N3CCC(N4CCN(C)CC4)CC3)c(OC)c2)nc1N. The zero-order valence-electron chi connectivity index (χ0n) is 20.4. The molecule has 3 heterocycles. The van der Waals surface area contributed by atoms with Gasteiger partial charge in [0.2, 0.25) is 0 Å². The van der Waals surface area contributed by atoms with Crippen molar-refractivity contribution in [1.29, 1.82) is 0 Å². The molecule has 2 aliphatic rings. The van der Waals surface area contributed by atoms with Crippen LogP contribution < -0.4 is 26.4 Å². The van der Waals surface area contributed by atoms with Crippen LogP contribution in [0.1, 0.15) is 35.9 Å². The number of carbonyl (C=O) groups excluding carboxylic acids is 1. The number of rotatable bonds is 7. The van der Waals surface area contributed by atoms with Gasteiger partial charge >= 0.3 is 0 Å². The Labute approximate surface area is 201 Å². The van der Waals surface area contributed by atoms with Crippen molar-refractivity contribution in [3.05, 3.63) is 29.6 Å². The lowest BCUT2D eigenvalue weighted by Crippen LogP contribution is -2.52. The van der Waals surface area contributed by atoms with E-state index in [-0.39, 0.29) is 17.3 Å². The summed E-state index contributed by atoms with van der Waals surface area (Å²) in [7, 11) is 3.86. The van der Waals surface area contributed by atoms with Gasteiger partial charge in [0.1, 0.15) is 11.6 Å². The Bertz CT molecular complexity index is 1010. The Morgan fingerprint density at radius 3 is 2.47 bits per heavy atom. The van der Waals surface area contributed by atoms with Crippen LogP contribution in [0.4, 0.5) is 23.0 Å². The molecule has 0 spiro atoms. The lowest BCUT2D eigenvalue weighted by molar-refractivity contribution is 0.0981. The maximum absolute atomic E-state index is 11.9. The third kappa shape index (κ3) is 5.18. The summed E-state index contributed by atoms with van der Waals surface area (Å²) >= 11 is 0. The van der Waals surface area contributed by atoms with Gasteiger partial charge < -0.3 is 31.3 Å². The summed E-state index contributed by atoms with van der Waals surface area (Å²) in [5.74, 6) is 0.623. The van der Waals surface area contributed by atoms with Gasteiger partial charge in [0.15, 0.2) is 11.5 Å². The average molecular weight is 469 g/mol. The topological polar surface area (TPSA) is 126 Å². The Morgan fingerprint density at radius 1 is 1.15 bits per heavy atom. The zero-order valence-corrected chi connectivity index (χ0v) is 20.4. The molecule has 1 aromatic carbocycles. The first-order valence-corrected chi connectivity index (χ1v) is 12.0. The Hall–Kier alpha value is -3.11. The number of amides is 1. The van der Waals surface area contributed by atoms with E-state index in [2.05, 4.69) is 37.0 Å². The number of aromatic nitrogens is 2. The number of anilines is 4. The molecule has 10 nitrogen and oxygen atoms in total. The maximum Gasteiger partial charge on any atom is 0.271 e. The number of methoxy groups -OCH3 is 1. The molecule has 0 unspecified atom stereocenters.